The zero-order valence-electron chi connectivity index (χ0n) is 9.61. The first-order chi connectivity index (χ1) is 7.38. The van der Waals surface area contributed by atoms with E-state index in [4.69, 9.17) is 10.7 Å². The van der Waals surface area contributed by atoms with E-state index in [1.165, 1.54) is 5.56 Å². The molecule has 0 saturated carbocycles. The highest BCUT2D eigenvalue weighted by Gasteiger charge is 2.05. The van der Waals surface area contributed by atoms with Gasteiger partial charge in [-0.3, -0.25) is 0 Å². The minimum Gasteiger partial charge on any atom is -0.212 e. The van der Waals surface area contributed by atoms with E-state index in [1.807, 2.05) is 0 Å². The smallest absolute Gasteiger partial charge is 0.212 e. The van der Waals surface area contributed by atoms with Crippen molar-refractivity contribution in [2.75, 3.05) is 5.75 Å². The molecule has 1 aromatic rings. The van der Waals surface area contributed by atoms with Crippen LogP contribution in [0.25, 0.3) is 0 Å². The Bertz CT molecular complexity index is 421. The van der Waals surface area contributed by atoms with Crippen molar-refractivity contribution in [1.82, 2.24) is 0 Å². The topological polar surface area (TPSA) is 34.1 Å². The lowest BCUT2D eigenvalue weighted by Gasteiger charge is -2.06. The molecule has 4 heteroatoms. The standard InChI is InChI=1S/C12H17ClO2S/c1-10(2)12-7-5-11(6-8-12)4-3-9-16(13,14)15/h5-8,10H,3-4,9H2,1-2H3. The predicted octanol–water partition coefficient (Wildman–Crippen LogP) is 3.31. The maximum atomic E-state index is 10.7. The fourth-order valence-electron chi connectivity index (χ4n) is 1.52. The van der Waals surface area contributed by atoms with Crippen LogP contribution in [0.5, 0.6) is 0 Å². The van der Waals surface area contributed by atoms with E-state index < -0.39 is 9.05 Å². The maximum absolute atomic E-state index is 10.7. The second kappa shape index (κ2) is 5.69. The third-order valence-electron chi connectivity index (χ3n) is 2.50. The summed E-state index contributed by atoms with van der Waals surface area (Å²) in [6, 6.07) is 8.29. The molecule has 0 unspecified atom stereocenters. The number of halogens is 1. The minimum atomic E-state index is -3.34. The van der Waals surface area contributed by atoms with E-state index in [0.29, 0.717) is 12.3 Å². The van der Waals surface area contributed by atoms with Crippen molar-refractivity contribution in [3.05, 3.63) is 35.4 Å². The van der Waals surface area contributed by atoms with E-state index in [9.17, 15) is 8.42 Å². The number of rotatable bonds is 5. The molecule has 0 atom stereocenters. The Hall–Kier alpha value is -0.540. The summed E-state index contributed by atoms with van der Waals surface area (Å²) in [6.45, 7) is 4.30. The first-order valence-electron chi connectivity index (χ1n) is 5.39. The van der Waals surface area contributed by atoms with Gasteiger partial charge >= 0.3 is 0 Å². The number of benzene rings is 1. The van der Waals surface area contributed by atoms with Crippen LogP contribution in [0.1, 0.15) is 37.3 Å². The van der Waals surface area contributed by atoms with Gasteiger partial charge in [-0.2, -0.15) is 0 Å². The lowest BCUT2D eigenvalue weighted by Crippen LogP contribution is -1.99. The summed E-state index contributed by atoms with van der Waals surface area (Å²) in [4.78, 5) is 0. The molecular formula is C12H17ClO2S. The molecule has 16 heavy (non-hydrogen) atoms. The molecule has 0 aromatic heterocycles. The molecule has 1 aromatic carbocycles. The van der Waals surface area contributed by atoms with Crippen LogP contribution in [-0.2, 0) is 15.5 Å². The normalized spacial score (nSPS) is 12.0. The third kappa shape index (κ3) is 4.99. The molecule has 0 aliphatic carbocycles. The molecule has 0 amide bonds. The molecule has 2 nitrogen and oxygen atoms in total. The van der Waals surface area contributed by atoms with Crippen LogP contribution in [-0.4, -0.2) is 14.2 Å². The summed E-state index contributed by atoms with van der Waals surface area (Å²) < 4.78 is 21.5. The van der Waals surface area contributed by atoms with Gasteiger partial charge in [0, 0.05) is 10.7 Å². The molecule has 0 bridgehead atoms. The van der Waals surface area contributed by atoms with Crippen molar-refractivity contribution in [3.8, 4) is 0 Å². The predicted molar refractivity (Wildman–Crippen MR) is 68.5 cm³/mol. The molecule has 0 aliphatic heterocycles. The highest BCUT2D eigenvalue weighted by molar-refractivity contribution is 8.13. The lowest BCUT2D eigenvalue weighted by atomic mass is 10.0. The fourth-order valence-corrected chi connectivity index (χ4v) is 2.33. The molecule has 0 N–H and O–H groups in total. The van der Waals surface area contributed by atoms with Gasteiger partial charge in [0.2, 0.25) is 9.05 Å². The maximum Gasteiger partial charge on any atom is 0.232 e. The molecule has 0 heterocycles. The molecule has 0 radical (unpaired) electrons. The van der Waals surface area contributed by atoms with Gasteiger partial charge in [-0.25, -0.2) is 8.42 Å². The average Bonchev–Trinajstić information content (AvgIpc) is 2.16. The summed E-state index contributed by atoms with van der Waals surface area (Å²) in [5, 5.41) is 0. The van der Waals surface area contributed by atoms with Crippen LogP contribution in [0.15, 0.2) is 24.3 Å². The van der Waals surface area contributed by atoms with E-state index in [0.717, 1.165) is 12.0 Å². The Morgan fingerprint density at radius 1 is 1.19 bits per heavy atom. The zero-order chi connectivity index (χ0) is 12.2. The van der Waals surface area contributed by atoms with Gasteiger partial charge in [0.15, 0.2) is 0 Å². The lowest BCUT2D eigenvalue weighted by molar-refractivity contribution is 0.607. The summed E-state index contributed by atoms with van der Waals surface area (Å²) in [6.07, 6.45) is 1.33. The monoisotopic (exact) mass is 260 g/mol. The number of hydrogen-bond acceptors (Lipinski definition) is 2. The van der Waals surface area contributed by atoms with E-state index >= 15 is 0 Å². The molecule has 0 aliphatic rings. The van der Waals surface area contributed by atoms with Crippen LogP contribution >= 0.6 is 10.7 Å². The van der Waals surface area contributed by atoms with Crippen molar-refractivity contribution < 1.29 is 8.42 Å². The summed E-state index contributed by atoms with van der Waals surface area (Å²) >= 11 is 0. The van der Waals surface area contributed by atoms with Crippen LogP contribution in [0.4, 0.5) is 0 Å². The first-order valence-corrected chi connectivity index (χ1v) is 7.87. The Labute approximate surface area is 102 Å². The Balaban J connectivity index is 2.50. The summed E-state index contributed by atoms with van der Waals surface area (Å²) in [5.41, 5.74) is 2.46. The molecule has 90 valence electrons. The molecule has 0 saturated heterocycles. The van der Waals surface area contributed by atoms with Crippen LogP contribution < -0.4 is 0 Å². The average molecular weight is 261 g/mol. The van der Waals surface area contributed by atoms with Crippen LogP contribution in [0, 0.1) is 0 Å². The van der Waals surface area contributed by atoms with Gasteiger partial charge in [-0.15, -0.1) is 0 Å². The molecule has 0 fully saturated rings. The first kappa shape index (κ1) is 13.5. The van der Waals surface area contributed by atoms with Crippen molar-refractivity contribution in [1.29, 1.82) is 0 Å². The van der Waals surface area contributed by atoms with Gasteiger partial charge in [0.05, 0.1) is 5.75 Å². The number of aryl methyl sites for hydroxylation is 1. The Kier molecular flexibility index (Phi) is 4.81. The van der Waals surface area contributed by atoms with E-state index in [2.05, 4.69) is 38.1 Å². The van der Waals surface area contributed by atoms with Crippen molar-refractivity contribution in [2.24, 2.45) is 0 Å². The van der Waals surface area contributed by atoms with Gasteiger partial charge < -0.3 is 0 Å². The van der Waals surface area contributed by atoms with Crippen LogP contribution in [0.3, 0.4) is 0 Å². The van der Waals surface area contributed by atoms with E-state index in [1.54, 1.807) is 0 Å². The highest BCUT2D eigenvalue weighted by Crippen LogP contribution is 2.15. The van der Waals surface area contributed by atoms with Crippen molar-refractivity contribution in [3.63, 3.8) is 0 Å². The van der Waals surface area contributed by atoms with E-state index in [-0.39, 0.29) is 5.75 Å². The number of hydrogen-bond donors (Lipinski definition) is 0. The van der Waals surface area contributed by atoms with Crippen molar-refractivity contribution >= 4 is 19.7 Å². The largest absolute Gasteiger partial charge is 0.232 e. The Morgan fingerprint density at radius 3 is 2.19 bits per heavy atom. The molecular weight excluding hydrogens is 244 g/mol. The summed E-state index contributed by atoms with van der Waals surface area (Å²) in [5.74, 6) is 0.567. The highest BCUT2D eigenvalue weighted by atomic mass is 35.7. The van der Waals surface area contributed by atoms with Gasteiger partial charge in [-0.05, 0) is 29.9 Å². The third-order valence-corrected chi connectivity index (χ3v) is 3.74. The zero-order valence-corrected chi connectivity index (χ0v) is 11.2. The van der Waals surface area contributed by atoms with Gasteiger partial charge in [0.25, 0.3) is 0 Å². The quantitative estimate of drug-likeness (QED) is 0.761. The second-order valence-electron chi connectivity index (χ2n) is 4.24. The second-order valence-corrected chi connectivity index (χ2v) is 7.14. The van der Waals surface area contributed by atoms with Crippen LogP contribution in [0.2, 0.25) is 0 Å². The van der Waals surface area contributed by atoms with Crippen molar-refractivity contribution in [2.45, 2.75) is 32.6 Å². The minimum absolute atomic E-state index is 0.0422. The van der Waals surface area contributed by atoms with Gasteiger partial charge in [-0.1, -0.05) is 38.1 Å². The summed E-state index contributed by atoms with van der Waals surface area (Å²) in [7, 11) is 1.79. The van der Waals surface area contributed by atoms with Gasteiger partial charge in [0.1, 0.15) is 0 Å². The Morgan fingerprint density at radius 2 is 1.75 bits per heavy atom. The fraction of sp³-hybridized carbons (Fsp3) is 0.500. The molecule has 1 rings (SSSR count). The SMILES string of the molecule is CC(C)c1ccc(CCCS(=O)(=O)Cl)cc1. The molecule has 0 spiro atoms.